The first kappa shape index (κ1) is 18.2. The first-order chi connectivity index (χ1) is 12.7. The number of carbonyl (C=O) groups is 1. The zero-order chi connectivity index (χ0) is 18.4. The lowest BCUT2D eigenvalue weighted by Gasteiger charge is -2.33. The summed E-state index contributed by atoms with van der Waals surface area (Å²) in [5, 5.41) is 11.9. The molecular formula is C20H25N3O3. The average molecular weight is 355 g/mol. The summed E-state index contributed by atoms with van der Waals surface area (Å²) in [5.41, 5.74) is 2.34. The van der Waals surface area contributed by atoms with Crippen LogP contribution in [0.2, 0.25) is 0 Å². The molecule has 26 heavy (non-hydrogen) atoms. The van der Waals surface area contributed by atoms with Gasteiger partial charge in [-0.2, -0.15) is 0 Å². The molecule has 2 heterocycles. The van der Waals surface area contributed by atoms with Gasteiger partial charge in [-0.1, -0.05) is 18.2 Å². The van der Waals surface area contributed by atoms with E-state index in [2.05, 4.69) is 27.3 Å². The van der Waals surface area contributed by atoms with E-state index in [4.69, 9.17) is 9.84 Å². The molecule has 1 atom stereocenters. The molecule has 2 N–H and O–H groups in total. The highest BCUT2D eigenvalue weighted by Crippen LogP contribution is 2.30. The van der Waals surface area contributed by atoms with Crippen molar-refractivity contribution >= 4 is 11.8 Å². The molecule has 138 valence electrons. The Kier molecular flexibility index (Phi) is 6.07. The molecule has 0 aliphatic carbocycles. The van der Waals surface area contributed by atoms with Crippen LogP contribution in [0.5, 0.6) is 5.75 Å². The van der Waals surface area contributed by atoms with Gasteiger partial charge in [-0.15, -0.1) is 0 Å². The monoisotopic (exact) mass is 355 g/mol. The quantitative estimate of drug-likeness (QED) is 0.795. The molecule has 1 aliphatic heterocycles. The van der Waals surface area contributed by atoms with Crippen molar-refractivity contribution in [3.8, 4) is 5.75 Å². The summed E-state index contributed by atoms with van der Waals surface area (Å²) >= 11 is 0. The third kappa shape index (κ3) is 4.73. The van der Waals surface area contributed by atoms with Crippen LogP contribution in [-0.4, -0.2) is 47.7 Å². The molecule has 0 bridgehead atoms. The summed E-state index contributed by atoms with van der Waals surface area (Å²) in [6.45, 7) is 2.45. The second-order valence-electron chi connectivity index (χ2n) is 6.59. The Morgan fingerprint density at radius 3 is 3.04 bits per heavy atom. The Morgan fingerprint density at radius 2 is 2.23 bits per heavy atom. The van der Waals surface area contributed by atoms with Gasteiger partial charge in [0.25, 0.3) is 0 Å². The van der Waals surface area contributed by atoms with Crippen LogP contribution in [0.4, 0.5) is 5.82 Å². The molecule has 1 aromatic heterocycles. The first-order valence-corrected chi connectivity index (χ1v) is 8.94. The molecule has 3 rings (SSSR count). The number of pyridine rings is 1. The van der Waals surface area contributed by atoms with E-state index in [0.29, 0.717) is 11.7 Å². The minimum atomic E-state index is -0.962. The molecule has 0 unspecified atom stereocenters. The van der Waals surface area contributed by atoms with Gasteiger partial charge in [0, 0.05) is 31.9 Å². The Morgan fingerprint density at radius 1 is 1.38 bits per heavy atom. The van der Waals surface area contributed by atoms with Gasteiger partial charge in [-0.25, -0.2) is 9.78 Å². The predicted octanol–water partition coefficient (Wildman–Crippen LogP) is 2.97. The second-order valence-corrected chi connectivity index (χ2v) is 6.59. The van der Waals surface area contributed by atoms with E-state index in [-0.39, 0.29) is 6.61 Å². The SMILES string of the molecule is CNc1cc([C@@H]2CCCN(Cc3ccccc3OCC(=O)O)C2)ccn1. The van der Waals surface area contributed by atoms with Crippen LogP contribution in [-0.2, 0) is 11.3 Å². The fraction of sp³-hybridized carbons (Fsp3) is 0.400. The van der Waals surface area contributed by atoms with Crippen LogP contribution in [0.15, 0.2) is 42.6 Å². The Balaban J connectivity index is 1.68. The summed E-state index contributed by atoms with van der Waals surface area (Å²) in [6.07, 6.45) is 4.16. The van der Waals surface area contributed by atoms with Crippen molar-refractivity contribution in [3.05, 3.63) is 53.7 Å². The lowest BCUT2D eigenvalue weighted by Crippen LogP contribution is -2.34. The summed E-state index contributed by atoms with van der Waals surface area (Å²) in [5.74, 6) is 1.06. The summed E-state index contributed by atoms with van der Waals surface area (Å²) in [6, 6.07) is 11.9. The lowest BCUT2D eigenvalue weighted by molar-refractivity contribution is -0.139. The standard InChI is InChI=1S/C20H25N3O3/c1-21-19-11-15(8-9-22-19)16-6-4-10-23(12-16)13-17-5-2-3-7-18(17)26-14-20(24)25/h2-3,5,7-9,11,16H,4,6,10,12-14H2,1H3,(H,21,22)(H,24,25)/t16-/m1/s1. The maximum atomic E-state index is 10.8. The van der Waals surface area contributed by atoms with Crippen LogP contribution in [0.25, 0.3) is 0 Å². The summed E-state index contributed by atoms with van der Waals surface area (Å²) in [4.78, 5) is 17.5. The van der Waals surface area contributed by atoms with E-state index in [1.807, 2.05) is 37.5 Å². The van der Waals surface area contributed by atoms with Crippen LogP contribution in [0.1, 0.15) is 29.9 Å². The summed E-state index contributed by atoms with van der Waals surface area (Å²) in [7, 11) is 1.88. The van der Waals surface area contributed by atoms with Crippen molar-refractivity contribution in [2.24, 2.45) is 0 Å². The van der Waals surface area contributed by atoms with Crippen molar-refractivity contribution < 1.29 is 14.6 Å². The molecule has 0 saturated carbocycles. The van der Waals surface area contributed by atoms with E-state index in [9.17, 15) is 4.79 Å². The highest BCUT2D eigenvalue weighted by atomic mass is 16.5. The normalized spacial score (nSPS) is 17.7. The number of piperidine rings is 1. The maximum Gasteiger partial charge on any atom is 0.341 e. The third-order valence-corrected chi connectivity index (χ3v) is 4.73. The molecule has 1 saturated heterocycles. The van der Waals surface area contributed by atoms with Gasteiger partial charge < -0.3 is 15.2 Å². The number of likely N-dealkylation sites (tertiary alicyclic amines) is 1. The van der Waals surface area contributed by atoms with Crippen LogP contribution in [0.3, 0.4) is 0 Å². The second kappa shape index (κ2) is 8.67. The average Bonchev–Trinajstić information content (AvgIpc) is 2.67. The minimum Gasteiger partial charge on any atom is -0.482 e. The van der Waals surface area contributed by atoms with E-state index >= 15 is 0 Å². The highest BCUT2D eigenvalue weighted by Gasteiger charge is 2.22. The van der Waals surface area contributed by atoms with E-state index in [0.717, 1.165) is 37.4 Å². The zero-order valence-corrected chi connectivity index (χ0v) is 15.0. The molecule has 6 heteroatoms. The molecular weight excluding hydrogens is 330 g/mol. The molecule has 1 aromatic carbocycles. The van der Waals surface area contributed by atoms with Crippen molar-refractivity contribution in [1.82, 2.24) is 9.88 Å². The van der Waals surface area contributed by atoms with Gasteiger partial charge in [0.05, 0.1) is 0 Å². The van der Waals surface area contributed by atoms with E-state index in [1.165, 1.54) is 12.0 Å². The first-order valence-electron chi connectivity index (χ1n) is 8.94. The van der Waals surface area contributed by atoms with Gasteiger partial charge in [0.1, 0.15) is 11.6 Å². The minimum absolute atomic E-state index is 0.316. The number of hydrogen-bond donors (Lipinski definition) is 2. The van der Waals surface area contributed by atoms with Crippen LogP contribution in [0, 0.1) is 0 Å². The Labute approximate surface area is 153 Å². The topological polar surface area (TPSA) is 74.7 Å². The van der Waals surface area contributed by atoms with Gasteiger partial charge in [0.15, 0.2) is 6.61 Å². The highest BCUT2D eigenvalue weighted by molar-refractivity contribution is 5.68. The van der Waals surface area contributed by atoms with Gasteiger partial charge in [-0.3, -0.25) is 4.90 Å². The Bertz CT molecular complexity index is 751. The molecule has 1 aliphatic rings. The molecule has 1 fully saturated rings. The maximum absolute atomic E-state index is 10.8. The van der Waals surface area contributed by atoms with Gasteiger partial charge in [0.2, 0.25) is 0 Å². The molecule has 0 radical (unpaired) electrons. The number of carboxylic acid groups (broad SMARTS) is 1. The largest absolute Gasteiger partial charge is 0.482 e. The number of nitrogens with one attached hydrogen (secondary N) is 1. The van der Waals surface area contributed by atoms with E-state index in [1.54, 1.807) is 0 Å². The van der Waals surface area contributed by atoms with E-state index < -0.39 is 5.97 Å². The molecule has 2 aromatic rings. The smallest absolute Gasteiger partial charge is 0.341 e. The van der Waals surface area contributed by atoms with Crippen molar-refractivity contribution in [2.75, 3.05) is 32.1 Å². The van der Waals surface area contributed by atoms with Gasteiger partial charge in [-0.05, 0) is 49.1 Å². The fourth-order valence-electron chi connectivity index (χ4n) is 3.46. The summed E-state index contributed by atoms with van der Waals surface area (Å²) < 4.78 is 5.44. The van der Waals surface area contributed by atoms with Crippen LogP contribution >= 0.6 is 0 Å². The number of nitrogens with zero attached hydrogens (tertiary/aromatic N) is 2. The lowest BCUT2D eigenvalue weighted by atomic mass is 9.91. The zero-order valence-electron chi connectivity index (χ0n) is 15.0. The number of para-hydroxylation sites is 1. The van der Waals surface area contributed by atoms with Crippen molar-refractivity contribution in [2.45, 2.75) is 25.3 Å². The fourth-order valence-corrected chi connectivity index (χ4v) is 3.46. The predicted molar refractivity (Wildman–Crippen MR) is 101 cm³/mol. The molecule has 0 spiro atoms. The van der Waals surface area contributed by atoms with Gasteiger partial charge >= 0.3 is 5.97 Å². The third-order valence-electron chi connectivity index (χ3n) is 4.73. The molecule has 0 amide bonds. The van der Waals surface area contributed by atoms with Crippen LogP contribution < -0.4 is 10.1 Å². The van der Waals surface area contributed by atoms with Crippen molar-refractivity contribution in [1.29, 1.82) is 0 Å². The number of rotatable bonds is 7. The Hall–Kier alpha value is -2.60. The number of hydrogen-bond acceptors (Lipinski definition) is 5. The van der Waals surface area contributed by atoms with Crippen molar-refractivity contribution in [3.63, 3.8) is 0 Å². The number of ether oxygens (including phenoxy) is 1. The number of aliphatic carboxylic acids is 1. The number of carboxylic acids is 1. The number of benzene rings is 1. The number of aromatic nitrogens is 1. The number of anilines is 1. The molecule has 6 nitrogen and oxygen atoms in total.